The Balaban J connectivity index is 1.69. The number of carboxylic acids is 1. The van der Waals surface area contributed by atoms with Crippen molar-refractivity contribution in [1.82, 2.24) is 14.3 Å². The molecule has 9 heteroatoms. The lowest BCUT2D eigenvalue weighted by molar-refractivity contribution is -0.139. The molecule has 180 valence electrons. The number of hydrogen-bond acceptors (Lipinski definition) is 6. The predicted octanol–water partition coefficient (Wildman–Crippen LogP) is 3.30. The van der Waals surface area contributed by atoms with Gasteiger partial charge in [0.25, 0.3) is 5.56 Å². The van der Waals surface area contributed by atoms with E-state index in [4.69, 9.17) is 9.84 Å². The summed E-state index contributed by atoms with van der Waals surface area (Å²) < 4.78 is 8.93. The van der Waals surface area contributed by atoms with Crippen LogP contribution in [-0.2, 0) is 18.9 Å². The van der Waals surface area contributed by atoms with Gasteiger partial charge < -0.3 is 24.2 Å². The van der Waals surface area contributed by atoms with Gasteiger partial charge in [0.05, 0.1) is 28.8 Å². The van der Waals surface area contributed by atoms with Gasteiger partial charge in [-0.15, -0.1) is 0 Å². The van der Waals surface area contributed by atoms with Gasteiger partial charge in [-0.2, -0.15) is 5.10 Å². The fourth-order valence-corrected chi connectivity index (χ4v) is 4.68. The van der Waals surface area contributed by atoms with Gasteiger partial charge in [0, 0.05) is 69.1 Å². The number of carboxylic acid groups (broad SMARTS) is 1. The summed E-state index contributed by atoms with van der Waals surface area (Å²) in [6.07, 6.45) is 3.84. The number of aromatic nitrogens is 3. The van der Waals surface area contributed by atoms with Crippen LogP contribution in [0.25, 0.3) is 22.0 Å². The molecule has 0 unspecified atom stereocenters. The van der Waals surface area contributed by atoms with Crippen molar-refractivity contribution in [2.45, 2.75) is 6.92 Å². The topological polar surface area (TPSA) is 92.8 Å². The van der Waals surface area contributed by atoms with Crippen LogP contribution < -0.4 is 20.1 Å². The van der Waals surface area contributed by atoms with Gasteiger partial charge in [-0.05, 0) is 30.7 Å². The zero-order valence-electron chi connectivity index (χ0n) is 20.1. The molecule has 0 atom stereocenters. The molecule has 4 aromatic rings. The van der Waals surface area contributed by atoms with Crippen LogP contribution in [0.1, 0.15) is 5.56 Å². The Bertz CT molecular complexity index is 1520. The minimum absolute atomic E-state index is 0.0984. The Morgan fingerprint density at radius 1 is 1.03 bits per heavy atom. The molecular weight excluding hydrogens is 446 g/mol. The van der Waals surface area contributed by atoms with E-state index in [1.54, 1.807) is 29.3 Å². The summed E-state index contributed by atoms with van der Waals surface area (Å²) in [5.74, 6) is -0.654. The Labute approximate surface area is 202 Å². The first-order valence-electron chi connectivity index (χ1n) is 11.3. The van der Waals surface area contributed by atoms with E-state index >= 15 is 0 Å². The van der Waals surface area contributed by atoms with Gasteiger partial charge in [0.1, 0.15) is 5.75 Å². The second-order valence-electron chi connectivity index (χ2n) is 8.93. The van der Waals surface area contributed by atoms with Crippen molar-refractivity contribution in [2.24, 2.45) is 14.1 Å². The average Bonchev–Trinajstić information content (AvgIpc) is 3.28. The molecular formula is C26H27N5O4. The second-order valence-corrected chi connectivity index (χ2v) is 8.93. The fourth-order valence-electron chi connectivity index (χ4n) is 4.68. The predicted molar refractivity (Wildman–Crippen MR) is 136 cm³/mol. The molecule has 2 aromatic carbocycles. The van der Waals surface area contributed by atoms with E-state index in [0.717, 1.165) is 46.7 Å². The van der Waals surface area contributed by atoms with Crippen molar-refractivity contribution >= 4 is 33.9 Å². The van der Waals surface area contributed by atoms with Crippen molar-refractivity contribution in [1.29, 1.82) is 0 Å². The Hall–Kier alpha value is -4.27. The number of ether oxygens (including phenoxy) is 1. The lowest BCUT2D eigenvalue weighted by atomic mass is 10.0. The zero-order chi connectivity index (χ0) is 24.9. The SMILES string of the molecule is Cc1cc2c(N3CCN(C)c4cc(-c5cnn(C)c5)ccc43)cc(OCC(=O)O)cc2n(C)c1=O. The molecule has 5 rings (SSSR count). The standard InChI is InChI=1S/C26H27N5O4/c1-16-9-20-22(30(4)26(16)34)11-19(35-15-25(32)33)12-23(20)31-8-7-28(2)24-10-17(5-6-21(24)31)18-13-27-29(3)14-18/h5-6,9-14H,7-8,15H2,1-4H3,(H,32,33). The summed E-state index contributed by atoms with van der Waals surface area (Å²) in [6.45, 7) is 2.85. The first kappa shape index (κ1) is 22.5. The van der Waals surface area contributed by atoms with Crippen LogP contribution in [-0.4, -0.2) is 52.2 Å². The molecule has 0 amide bonds. The third kappa shape index (κ3) is 3.99. The van der Waals surface area contributed by atoms with E-state index in [1.807, 2.05) is 31.6 Å². The number of anilines is 3. The van der Waals surface area contributed by atoms with Gasteiger partial charge in [0.15, 0.2) is 6.61 Å². The third-order valence-corrected chi connectivity index (χ3v) is 6.50. The van der Waals surface area contributed by atoms with E-state index in [9.17, 15) is 9.59 Å². The summed E-state index contributed by atoms with van der Waals surface area (Å²) in [7, 11) is 5.69. The normalized spacial score (nSPS) is 13.3. The highest BCUT2D eigenvalue weighted by molar-refractivity contribution is 5.98. The molecule has 0 saturated carbocycles. The molecule has 0 aliphatic carbocycles. The molecule has 1 aliphatic rings. The van der Waals surface area contributed by atoms with Crippen LogP contribution in [0.4, 0.5) is 17.1 Å². The van der Waals surface area contributed by atoms with Crippen molar-refractivity contribution in [2.75, 3.05) is 36.5 Å². The minimum atomic E-state index is -1.06. The molecule has 0 bridgehead atoms. The molecule has 9 nitrogen and oxygen atoms in total. The van der Waals surface area contributed by atoms with Crippen LogP contribution in [0.2, 0.25) is 0 Å². The highest BCUT2D eigenvalue weighted by atomic mass is 16.5. The molecule has 2 aromatic heterocycles. The number of carbonyl (C=O) groups is 1. The Morgan fingerprint density at radius 2 is 1.83 bits per heavy atom. The highest BCUT2D eigenvalue weighted by Crippen LogP contribution is 2.43. The van der Waals surface area contributed by atoms with Crippen LogP contribution >= 0.6 is 0 Å². The quantitative estimate of drug-likeness (QED) is 0.475. The fraction of sp³-hybridized carbons (Fsp3) is 0.269. The molecule has 0 fully saturated rings. The molecule has 1 aliphatic heterocycles. The van der Waals surface area contributed by atoms with Gasteiger partial charge in [0.2, 0.25) is 0 Å². The summed E-state index contributed by atoms with van der Waals surface area (Å²) in [5.41, 5.74) is 6.31. The van der Waals surface area contributed by atoms with Crippen molar-refractivity contribution in [3.05, 3.63) is 64.7 Å². The smallest absolute Gasteiger partial charge is 0.341 e. The van der Waals surface area contributed by atoms with Crippen molar-refractivity contribution in [3.8, 4) is 16.9 Å². The minimum Gasteiger partial charge on any atom is -0.482 e. The number of nitrogens with zero attached hydrogens (tertiary/aromatic N) is 5. The summed E-state index contributed by atoms with van der Waals surface area (Å²) in [4.78, 5) is 28.2. The van der Waals surface area contributed by atoms with Gasteiger partial charge in [-0.1, -0.05) is 6.07 Å². The third-order valence-electron chi connectivity index (χ3n) is 6.50. The van der Waals surface area contributed by atoms with Crippen LogP contribution in [0.3, 0.4) is 0 Å². The molecule has 0 saturated heterocycles. The Kier molecular flexibility index (Phi) is 5.47. The van der Waals surface area contributed by atoms with Crippen LogP contribution in [0, 0.1) is 6.92 Å². The zero-order valence-corrected chi connectivity index (χ0v) is 20.1. The average molecular weight is 474 g/mol. The number of rotatable bonds is 5. The summed E-state index contributed by atoms with van der Waals surface area (Å²) in [6, 6.07) is 11.8. The van der Waals surface area contributed by atoms with Crippen LogP contribution in [0.15, 0.2) is 53.6 Å². The van der Waals surface area contributed by atoms with Gasteiger partial charge in [-0.3, -0.25) is 9.48 Å². The lowest BCUT2D eigenvalue weighted by Gasteiger charge is -2.38. The molecule has 3 heterocycles. The lowest BCUT2D eigenvalue weighted by Crippen LogP contribution is -2.36. The van der Waals surface area contributed by atoms with Crippen molar-refractivity contribution in [3.63, 3.8) is 0 Å². The van der Waals surface area contributed by atoms with Crippen LogP contribution in [0.5, 0.6) is 5.75 Å². The summed E-state index contributed by atoms with van der Waals surface area (Å²) >= 11 is 0. The maximum absolute atomic E-state index is 12.7. The molecule has 35 heavy (non-hydrogen) atoms. The Morgan fingerprint density at radius 3 is 2.54 bits per heavy atom. The summed E-state index contributed by atoms with van der Waals surface area (Å²) in [5, 5.41) is 14.3. The maximum atomic E-state index is 12.7. The first-order valence-corrected chi connectivity index (χ1v) is 11.3. The van der Waals surface area contributed by atoms with E-state index < -0.39 is 12.6 Å². The van der Waals surface area contributed by atoms with Crippen molar-refractivity contribution < 1.29 is 14.6 Å². The molecule has 1 N–H and O–H groups in total. The van der Waals surface area contributed by atoms with Gasteiger partial charge in [-0.25, -0.2) is 4.79 Å². The van der Waals surface area contributed by atoms with E-state index in [2.05, 4.69) is 40.1 Å². The second kappa shape index (κ2) is 8.50. The number of fused-ring (bicyclic) bond motifs is 2. The highest BCUT2D eigenvalue weighted by Gasteiger charge is 2.25. The number of hydrogen-bond donors (Lipinski definition) is 1. The largest absolute Gasteiger partial charge is 0.482 e. The van der Waals surface area contributed by atoms with Gasteiger partial charge >= 0.3 is 5.97 Å². The monoisotopic (exact) mass is 473 g/mol. The molecule has 0 spiro atoms. The molecule has 0 radical (unpaired) electrons. The maximum Gasteiger partial charge on any atom is 0.341 e. The number of aryl methyl sites for hydroxylation is 3. The number of pyridine rings is 1. The first-order chi connectivity index (χ1) is 16.7. The van der Waals surface area contributed by atoms with E-state index in [1.165, 1.54) is 0 Å². The van der Waals surface area contributed by atoms with E-state index in [0.29, 0.717) is 16.8 Å². The number of benzene rings is 2. The number of aliphatic carboxylic acids is 1. The van der Waals surface area contributed by atoms with E-state index in [-0.39, 0.29) is 5.56 Å². The number of likely N-dealkylation sites (N-methyl/N-ethyl adjacent to an activating group) is 1.